The molecule has 16 heavy (non-hydrogen) atoms. The van der Waals surface area contributed by atoms with Gasteiger partial charge in [-0.25, -0.2) is 0 Å². The lowest BCUT2D eigenvalue weighted by Gasteiger charge is -2.15. The molecule has 0 saturated heterocycles. The Bertz CT molecular complexity index is 404. The number of nitrogens with one attached hydrogen (secondary N) is 1. The first-order valence-electron chi connectivity index (χ1n) is 7.16. The Balaban J connectivity index is 1.30. The highest BCUT2D eigenvalue weighted by atomic mass is 16.2. The lowest BCUT2D eigenvalue weighted by molar-refractivity contribution is -0.123. The van der Waals surface area contributed by atoms with Gasteiger partial charge in [0.15, 0.2) is 0 Å². The molecule has 0 aliphatic heterocycles. The van der Waals surface area contributed by atoms with Crippen LogP contribution in [0.5, 0.6) is 0 Å². The fourth-order valence-corrected chi connectivity index (χ4v) is 6.59. The van der Waals surface area contributed by atoms with Gasteiger partial charge in [0, 0.05) is 12.0 Å². The monoisotopic (exact) mass is 215 g/mol. The van der Waals surface area contributed by atoms with E-state index < -0.39 is 0 Å². The summed E-state index contributed by atoms with van der Waals surface area (Å²) in [6.07, 6.45) is 4.02. The van der Waals surface area contributed by atoms with E-state index in [1.807, 2.05) is 0 Å². The molecule has 7 aliphatic carbocycles. The molecule has 0 heterocycles. The Hall–Kier alpha value is -0.530. The van der Waals surface area contributed by atoms with Gasteiger partial charge in [0.25, 0.3) is 0 Å². The first-order chi connectivity index (χ1) is 7.86. The summed E-state index contributed by atoms with van der Waals surface area (Å²) in [6.45, 7) is 0. The second kappa shape index (κ2) is 1.97. The Kier molecular flexibility index (Phi) is 0.954. The third kappa shape index (κ3) is 0.613. The number of hydrogen-bond donors (Lipinski definition) is 1. The van der Waals surface area contributed by atoms with Gasteiger partial charge in [-0.15, -0.1) is 0 Å². The molecule has 7 rings (SSSR count). The third-order valence-electron chi connectivity index (χ3n) is 6.96. The molecule has 1 N–H and O–H groups in total. The van der Waals surface area contributed by atoms with Crippen LogP contribution < -0.4 is 5.32 Å². The molecule has 0 aromatic rings. The molecule has 0 unspecified atom stereocenters. The standard InChI is InChI=1S/C14H17NO/c16-14(15-4-1-2-4)13-11-9-6-3-5-7(9)8(5)10(6)12(11)13/h4-13H,1-3H2,(H,15,16)/t5?,6?,7-,8-,9+,10+,11-,12-,13?/m0/s1. The fourth-order valence-electron chi connectivity index (χ4n) is 6.59. The molecule has 6 bridgehead atoms. The van der Waals surface area contributed by atoms with Gasteiger partial charge in [-0.1, -0.05) is 0 Å². The zero-order chi connectivity index (χ0) is 10.2. The van der Waals surface area contributed by atoms with Crippen molar-refractivity contribution >= 4 is 5.91 Å². The minimum atomic E-state index is 0.436. The number of fused-ring (bicyclic) bond motifs is 1. The SMILES string of the molecule is O=C(NC1CC1)C1[C@H]2[C@@H]3C4CC5[C@H]3[C@H]5[C@@H]4[C@H]12. The maximum atomic E-state index is 12.1. The van der Waals surface area contributed by atoms with Crippen LogP contribution in [0.1, 0.15) is 19.3 Å². The van der Waals surface area contributed by atoms with Crippen LogP contribution >= 0.6 is 0 Å². The number of carbonyl (C=O) groups is 1. The zero-order valence-corrected chi connectivity index (χ0v) is 9.30. The van der Waals surface area contributed by atoms with Crippen molar-refractivity contribution < 1.29 is 4.79 Å². The molecule has 2 nitrogen and oxygen atoms in total. The lowest BCUT2D eigenvalue weighted by atomic mass is 9.91. The quantitative estimate of drug-likeness (QED) is 0.738. The van der Waals surface area contributed by atoms with Crippen LogP contribution in [0.3, 0.4) is 0 Å². The molecule has 0 radical (unpaired) electrons. The zero-order valence-electron chi connectivity index (χ0n) is 9.30. The van der Waals surface area contributed by atoms with Crippen LogP contribution in [-0.4, -0.2) is 11.9 Å². The van der Waals surface area contributed by atoms with E-state index in [4.69, 9.17) is 0 Å². The van der Waals surface area contributed by atoms with Gasteiger partial charge < -0.3 is 5.32 Å². The minimum absolute atomic E-state index is 0.436. The molecular weight excluding hydrogens is 198 g/mol. The van der Waals surface area contributed by atoms with E-state index in [2.05, 4.69) is 5.32 Å². The van der Waals surface area contributed by atoms with Crippen molar-refractivity contribution in [2.45, 2.75) is 25.3 Å². The van der Waals surface area contributed by atoms with Crippen molar-refractivity contribution in [3.05, 3.63) is 0 Å². The fraction of sp³-hybridized carbons (Fsp3) is 0.929. The summed E-state index contributed by atoms with van der Waals surface area (Å²) in [7, 11) is 0. The Morgan fingerprint density at radius 2 is 1.44 bits per heavy atom. The topological polar surface area (TPSA) is 29.1 Å². The molecule has 7 fully saturated rings. The summed E-state index contributed by atoms with van der Waals surface area (Å²) in [5.41, 5.74) is 0. The smallest absolute Gasteiger partial charge is 0.223 e. The number of amides is 1. The highest BCUT2D eigenvalue weighted by molar-refractivity contribution is 5.83. The highest BCUT2D eigenvalue weighted by Gasteiger charge is 2.87. The summed E-state index contributed by atoms with van der Waals surface area (Å²) in [5.74, 6) is 9.07. The van der Waals surface area contributed by atoms with Crippen LogP contribution in [0.15, 0.2) is 0 Å². The summed E-state index contributed by atoms with van der Waals surface area (Å²) in [6, 6.07) is 0.565. The first kappa shape index (κ1) is 7.73. The van der Waals surface area contributed by atoms with Crippen LogP contribution in [0.4, 0.5) is 0 Å². The van der Waals surface area contributed by atoms with E-state index in [1.165, 1.54) is 12.8 Å². The molecule has 6 atom stereocenters. The van der Waals surface area contributed by atoms with E-state index in [9.17, 15) is 4.79 Å². The molecular formula is C14H17NO. The van der Waals surface area contributed by atoms with Gasteiger partial charge >= 0.3 is 0 Å². The third-order valence-corrected chi connectivity index (χ3v) is 6.96. The van der Waals surface area contributed by atoms with Gasteiger partial charge in [-0.3, -0.25) is 4.79 Å². The van der Waals surface area contributed by atoms with Crippen molar-refractivity contribution in [2.75, 3.05) is 0 Å². The molecule has 0 spiro atoms. The minimum Gasteiger partial charge on any atom is -0.353 e. The molecule has 7 saturated carbocycles. The number of rotatable bonds is 2. The summed E-state index contributed by atoms with van der Waals surface area (Å²) in [4.78, 5) is 12.1. The second-order valence-electron chi connectivity index (χ2n) is 7.34. The largest absolute Gasteiger partial charge is 0.353 e. The van der Waals surface area contributed by atoms with E-state index in [0.717, 1.165) is 47.3 Å². The summed E-state index contributed by atoms with van der Waals surface area (Å²) >= 11 is 0. The van der Waals surface area contributed by atoms with E-state index in [-0.39, 0.29) is 0 Å². The number of carbonyl (C=O) groups excluding carboxylic acids is 1. The average molecular weight is 215 g/mol. The Labute approximate surface area is 95.2 Å². The number of hydrogen-bond acceptors (Lipinski definition) is 1. The van der Waals surface area contributed by atoms with Crippen molar-refractivity contribution in [3.63, 3.8) is 0 Å². The van der Waals surface area contributed by atoms with Crippen molar-refractivity contribution in [1.82, 2.24) is 5.32 Å². The predicted octanol–water partition coefficient (Wildman–Crippen LogP) is 1.27. The molecule has 7 aliphatic rings. The summed E-state index contributed by atoms with van der Waals surface area (Å²) in [5, 5.41) is 3.23. The Morgan fingerprint density at radius 3 is 1.94 bits per heavy atom. The van der Waals surface area contributed by atoms with E-state index >= 15 is 0 Å². The lowest BCUT2D eigenvalue weighted by Crippen LogP contribution is -2.30. The van der Waals surface area contributed by atoms with Gasteiger partial charge in [0.1, 0.15) is 0 Å². The van der Waals surface area contributed by atoms with Crippen LogP contribution in [0.25, 0.3) is 0 Å². The van der Waals surface area contributed by atoms with Crippen molar-refractivity contribution in [1.29, 1.82) is 0 Å². The van der Waals surface area contributed by atoms with Gasteiger partial charge in [0.2, 0.25) is 5.91 Å². The van der Waals surface area contributed by atoms with Gasteiger partial charge in [-0.2, -0.15) is 0 Å². The molecule has 1 amide bonds. The maximum absolute atomic E-state index is 12.1. The van der Waals surface area contributed by atoms with Crippen LogP contribution in [0, 0.1) is 53.3 Å². The van der Waals surface area contributed by atoms with Crippen LogP contribution in [0.2, 0.25) is 0 Å². The van der Waals surface area contributed by atoms with Crippen molar-refractivity contribution in [2.24, 2.45) is 53.3 Å². The van der Waals surface area contributed by atoms with Crippen LogP contribution in [-0.2, 0) is 4.79 Å². The molecule has 2 heteroatoms. The summed E-state index contributed by atoms with van der Waals surface area (Å²) < 4.78 is 0. The molecule has 0 aromatic carbocycles. The average Bonchev–Trinajstić information content (AvgIpc) is 3.22. The molecule has 0 aromatic heterocycles. The van der Waals surface area contributed by atoms with E-state index in [1.54, 1.807) is 6.42 Å². The maximum Gasteiger partial charge on any atom is 0.223 e. The second-order valence-corrected chi connectivity index (χ2v) is 7.34. The molecule has 84 valence electrons. The van der Waals surface area contributed by atoms with Crippen molar-refractivity contribution in [3.8, 4) is 0 Å². The normalized spacial score (nSPS) is 70.4. The Morgan fingerprint density at radius 1 is 0.875 bits per heavy atom. The van der Waals surface area contributed by atoms with Gasteiger partial charge in [-0.05, 0) is 66.6 Å². The van der Waals surface area contributed by atoms with E-state index in [0.29, 0.717) is 17.9 Å². The first-order valence-corrected chi connectivity index (χ1v) is 7.16. The predicted molar refractivity (Wildman–Crippen MR) is 57.2 cm³/mol. The highest BCUT2D eigenvalue weighted by Crippen LogP contribution is 2.89. The van der Waals surface area contributed by atoms with Gasteiger partial charge in [0.05, 0.1) is 0 Å².